The third-order valence-corrected chi connectivity index (χ3v) is 4.28. The van der Waals surface area contributed by atoms with Crippen molar-refractivity contribution in [2.75, 3.05) is 24.2 Å². The number of carbonyl (C=O) groups is 1. The van der Waals surface area contributed by atoms with E-state index >= 15 is 0 Å². The topological polar surface area (TPSA) is 85.2 Å². The molecular formula is C11H18N4OS. The quantitative estimate of drug-likeness (QED) is 0.851. The lowest BCUT2D eigenvalue weighted by Gasteiger charge is -2.21. The summed E-state index contributed by atoms with van der Waals surface area (Å²) in [5.74, 6) is 0.462. The van der Waals surface area contributed by atoms with Gasteiger partial charge in [-0.2, -0.15) is 4.37 Å². The second kappa shape index (κ2) is 4.91. The van der Waals surface area contributed by atoms with Gasteiger partial charge in [-0.1, -0.05) is 12.8 Å². The molecule has 5 nitrogen and oxygen atoms in total. The lowest BCUT2D eigenvalue weighted by Crippen LogP contribution is -2.26. The molecule has 0 aliphatic heterocycles. The van der Waals surface area contributed by atoms with Gasteiger partial charge in [0, 0.05) is 13.6 Å². The van der Waals surface area contributed by atoms with Crippen LogP contribution in [0.1, 0.15) is 36.0 Å². The largest absolute Gasteiger partial charge is 0.382 e. The lowest BCUT2D eigenvalue weighted by molar-refractivity contribution is 0.100. The monoisotopic (exact) mass is 254 g/mol. The van der Waals surface area contributed by atoms with Crippen molar-refractivity contribution in [1.29, 1.82) is 0 Å². The van der Waals surface area contributed by atoms with Crippen molar-refractivity contribution in [3.8, 4) is 0 Å². The van der Waals surface area contributed by atoms with E-state index in [2.05, 4.69) is 9.27 Å². The van der Waals surface area contributed by atoms with Crippen LogP contribution in [-0.2, 0) is 0 Å². The predicted octanol–water partition coefficient (Wildman–Crippen LogP) is 1.45. The first kappa shape index (κ1) is 12.2. The van der Waals surface area contributed by atoms with Gasteiger partial charge in [-0.05, 0) is 30.3 Å². The fraction of sp³-hybridized carbons (Fsp3) is 0.636. The maximum Gasteiger partial charge on any atom is 0.255 e. The molecule has 1 fully saturated rings. The van der Waals surface area contributed by atoms with E-state index in [9.17, 15) is 4.79 Å². The molecule has 6 heteroatoms. The smallest absolute Gasteiger partial charge is 0.255 e. The van der Waals surface area contributed by atoms with Gasteiger partial charge >= 0.3 is 0 Å². The van der Waals surface area contributed by atoms with Crippen molar-refractivity contribution >= 4 is 28.3 Å². The molecule has 0 atom stereocenters. The van der Waals surface area contributed by atoms with Crippen LogP contribution in [0.25, 0.3) is 0 Å². The van der Waals surface area contributed by atoms with E-state index < -0.39 is 5.91 Å². The molecule has 2 rings (SSSR count). The summed E-state index contributed by atoms with van der Waals surface area (Å²) >= 11 is 1.25. The number of rotatable bonds is 4. The minimum Gasteiger partial charge on any atom is -0.382 e. The Morgan fingerprint density at radius 1 is 1.53 bits per heavy atom. The van der Waals surface area contributed by atoms with Crippen LogP contribution < -0.4 is 16.4 Å². The standard InChI is InChI=1S/C11H18N4OS/c1-15(6-7-4-2-3-5-7)11-8(10(13)16)9(12)14-17-11/h7H,2-6H2,1H3,(H2,12,14)(H2,13,16). The molecule has 0 aromatic carbocycles. The summed E-state index contributed by atoms with van der Waals surface area (Å²) in [6, 6.07) is 0. The third-order valence-electron chi connectivity index (χ3n) is 3.30. The minimum absolute atomic E-state index is 0.246. The number of nitrogen functional groups attached to an aromatic ring is 1. The Balaban J connectivity index is 2.12. The Bertz CT molecular complexity index is 412. The summed E-state index contributed by atoms with van der Waals surface area (Å²) in [7, 11) is 1.97. The van der Waals surface area contributed by atoms with Crippen LogP contribution in [0.4, 0.5) is 10.8 Å². The Morgan fingerprint density at radius 3 is 2.76 bits per heavy atom. The van der Waals surface area contributed by atoms with Crippen molar-refractivity contribution in [2.24, 2.45) is 11.7 Å². The molecular weight excluding hydrogens is 236 g/mol. The van der Waals surface area contributed by atoms with Crippen molar-refractivity contribution in [2.45, 2.75) is 25.7 Å². The molecule has 1 aromatic rings. The van der Waals surface area contributed by atoms with Crippen LogP contribution in [0.2, 0.25) is 0 Å². The van der Waals surface area contributed by atoms with E-state index in [0.717, 1.165) is 11.5 Å². The van der Waals surface area contributed by atoms with E-state index in [1.54, 1.807) is 0 Å². The molecule has 0 radical (unpaired) electrons. The highest BCUT2D eigenvalue weighted by Crippen LogP contribution is 2.32. The number of aromatic nitrogens is 1. The zero-order valence-electron chi connectivity index (χ0n) is 9.98. The Morgan fingerprint density at radius 2 is 2.18 bits per heavy atom. The van der Waals surface area contributed by atoms with Gasteiger partial charge in [-0.15, -0.1) is 0 Å². The average molecular weight is 254 g/mol. The maximum atomic E-state index is 11.3. The molecule has 0 saturated heterocycles. The van der Waals surface area contributed by atoms with Crippen LogP contribution in [0.5, 0.6) is 0 Å². The first-order chi connectivity index (χ1) is 8.09. The Hall–Kier alpha value is -1.30. The Labute approximate surface area is 105 Å². The summed E-state index contributed by atoms with van der Waals surface area (Å²) in [5, 5.41) is 0.793. The number of nitrogens with zero attached hydrogens (tertiary/aromatic N) is 2. The maximum absolute atomic E-state index is 11.3. The highest BCUT2D eigenvalue weighted by molar-refractivity contribution is 7.11. The van der Waals surface area contributed by atoms with Crippen LogP contribution in [0.3, 0.4) is 0 Å². The SMILES string of the molecule is CN(CC1CCCC1)c1snc(N)c1C(N)=O. The van der Waals surface area contributed by atoms with E-state index in [4.69, 9.17) is 11.5 Å². The molecule has 1 aromatic heterocycles. The molecule has 4 N–H and O–H groups in total. The van der Waals surface area contributed by atoms with Gasteiger partial charge in [0.2, 0.25) is 0 Å². The molecule has 1 saturated carbocycles. The van der Waals surface area contributed by atoms with E-state index in [0.29, 0.717) is 11.5 Å². The predicted molar refractivity (Wildman–Crippen MR) is 70.3 cm³/mol. The van der Waals surface area contributed by atoms with Crippen molar-refractivity contribution in [3.05, 3.63) is 5.56 Å². The van der Waals surface area contributed by atoms with Crippen LogP contribution in [0, 0.1) is 5.92 Å². The lowest BCUT2D eigenvalue weighted by atomic mass is 10.1. The summed E-state index contributed by atoms with van der Waals surface area (Å²) in [6.45, 7) is 0.946. The fourth-order valence-electron chi connectivity index (χ4n) is 2.45. The number of anilines is 2. The van der Waals surface area contributed by atoms with Gasteiger partial charge in [0.15, 0.2) is 5.82 Å². The first-order valence-corrected chi connectivity index (χ1v) is 6.63. The number of amides is 1. The summed E-state index contributed by atoms with van der Waals surface area (Å²) < 4.78 is 4.01. The van der Waals surface area contributed by atoms with Gasteiger partial charge in [0.1, 0.15) is 10.6 Å². The fourth-order valence-corrected chi connectivity index (χ4v) is 3.24. The highest BCUT2D eigenvalue weighted by Gasteiger charge is 2.23. The number of primary amides is 1. The molecule has 0 bridgehead atoms. The van der Waals surface area contributed by atoms with Crippen LogP contribution in [-0.4, -0.2) is 23.9 Å². The normalized spacial score (nSPS) is 16.3. The zero-order valence-corrected chi connectivity index (χ0v) is 10.8. The summed E-state index contributed by atoms with van der Waals surface area (Å²) in [6.07, 6.45) is 5.16. The van der Waals surface area contributed by atoms with E-state index in [1.165, 1.54) is 37.2 Å². The average Bonchev–Trinajstić information content (AvgIpc) is 2.86. The molecule has 1 amide bonds. The summed E-state index contributed by atoms with van der Waals surface area (Å²) in [4.78, 5) is 13.4. The highest BCUT2D eigenvalue weighted by atomic mass is 32.1. The van der Waals surface area contributed by atoms with E-state index in [-0.39, 0.29) is 5.82 Å². The second-order valence-corrected chi connectivity index (χ2v) is 5.40. The summed E-state index contributed by atoms with van der Waals surface area (Å²) in [5.41, 5.74) is 11.4. The number of nitrogens with two attached hydrogens (primary N) is 2. The molecule has 1 aliphatic carbocycles. The molecule has 94 valence electrons. The van der Waals surface area contributed by atoms with Crippen LogP contribution >= 0.6 is 11.5 Å². The molecule has 1 heterocycles. The zero-order chi connectivity index (χ0) is 12.4. The molecule has 0 unspecified atom stereocenters. The third kappa shape index (κ3) is 2.52. The van der Waals surface area contributed by atoms with E-state index in [1.807, 2.05) is 7.05 Å². The van der Waals surface area contributed by atoms with Gasteiger partial charge < -0.3 is 16.4 Å². The van der Waals surface area contributed by atoms with Crippen molar-refractivity contribution < 1.29 is 4.79 Å². The molecule has 17 heavy (non-hydrogen) atoms. The molecule has 1 aliphatic rings. The van der Waals surface area contributed by atoms with Gasteiger partial charge in [-0.3, -0.25) is 4.79 Å². The first-order valence-electron chi connectivity index (χ1n) is 5.85. The van der Waals surface area contributed by atoms with Crippen molar-refractivity contribution in [3.63, 3.8) is 0 Å². The number of hydrogen-bond acceptors (Lipinski definition) is 5. The van der Waals surface area contributed by atoms with Crippen LogP contribution in [0.15, 0.2) is 0 Å². The van der Waals surface area contributed by atoms with Crippen molar-refractivity contribution in [1.82, 2.24) is 4.37 Å². The number of hydrogen-bond donors (Lipinski definition) is 2. The van der Waals surface area contributed by atoms with Gasteiger partial charge in [-0.25, -0.2) is 0 Å². The number of carbonyl (C=O) groups excluding carboxylic acids is 1. The van der Waals surface area contributed by atoms with Gasteiger partial charge in [0.05, 0.1) is 0 Å². The minimum atomic E-state index is -0.496. The second-order valence-electron chi connectivity index (χ2n) is 4.64. The van der Waals surface area contributed by atoms with Gasteiger partial charge in [0.25, 0.3) is 5.91 Å². The molecule has 0 spiro atoms. The Kier molecular flexibility index (Phi) is 3.51.